The highest BCUT2D eigenvalue weighted by Gasteiger charge is 2.44. The minimum absolute atomic E-state index is 0.0113. The molecule has 0 amide bonds. The zero-order valence-electron chi connectivity index (χ0n) is 36.6. The van der Waals surface area contributed by atoms with Crippen molar-refractivity contribution >= 4 is 0 Å². The molecule has 0 rings (SSSR count). The van der Waals surface area contributed by atoms with E-state index in [2.05, 4.69) is 126 Å². The molecule has 0 unspecified atom stereocenters. The molecule has 8 heteroatoms. The molecule has 0 aliphatic rings. The molecule has 0 aromatic carbocycles. The van der Waals surface area contributed by atoms with E-state index in [-0.39, 0.29) is 27.7 Å². The summed E-state index contributed by atoms with van der Waals surface area (Å²) in [7, 11) is 0. The van der Waals surface area contributed by atoms with Crippen LogP contribution in [0.2, 0.25) is 0 Å². The van der Waals surface area contributed by atoms with Gasteiger partial charge in [0, 0.05) is 38.4 Å². The third kappa shape index (κ3) is 26.4. The van der Waals surface area contributed by atoms with E-state index in [1.165, 1.54) is 32.1 Å². The van der Waals surface area contributed by atoms with Gasteiger partial charge in [-0.2, -0.15) is 0 Å². The number of rotatable bonds is 29. The molecule has 0 saturated carbocycles. The number of hydrogen-bond donors (Lipinski definition) is 1. The van der Waals surface area contributed by atoms with Crippen molar-refractivity contribution in [3.63, 3.8) is 0 Å². The lowest BCUT2D eigenvalue weighted by atomic mass is 9.89. The van der Waals surface area contributed by atoms with Crippen molar-refractivity contribution in [2.24, 2.45) is 16.2 Å². The molecular weight excluding hydrogens is 626 g/mol. The molecule has 0 bridgehead atoms. The van der Waals surface area contributed by atoms with E-state index in [9.17, 15) is 0 Å². The normalized spacial score (nSPS) is 14.0. The van der Waals surface area contributed by atoms with Gasteiger partial charge in [-0.25, -0.2) is 0 Å². The number of nitrogens with one attached hydrogen (secondary N) is 1. The standard InChI is InChI=1S/C42H89N3O5/c1-37(2,3)23-19-17-18-20-25-44(40(10,11)12)42(15,16)45(26-30-47-31-32-48-33-34-50-36-39(7,8)9)41(13,14)43-24-21-27-46-28-22-29-49-35-38(4,5)6/h43H,17-36H2,1-16H3. The van der Waals surface area contributed by atoms with Crippen molar-refractivity contribution in [3.05, 3.63) is 0 Å². The van der Waals surface area contributed by atoms with Gasteiger partial charge in [-0.15, -0.1) is 0 Å². The summed E-state index contributed by atoms with van der Waals surface area (Å²) in [6, 6.07) is 0. The monoisotopic (exact) mass is 716 g/mol. The molecule has 50 heavy (non-hydrogen) atoms. The lowest BCUT2D eigenvalue weighted by Gasteiger charge is -2.57. The Labute approximate surface area is 312 Å². The SMILES string of the molecule is CC(C)(C)CCCCCCN(C(C)(C)C)C(C)(C)N(CCOCCOCCOCC(C)(C)C)C(C)(C)NCCCOCCCOCC(C)(C)C. The first-order chi connectivity index (χ1) is 22.9. The van der Waals surface area contributed by atoms with Gasteiger partial charge >= 0.3 is 0 Å². The van der Waals surface area contributed by atoms with E-state index >= 15 is 0 Å². The smallest absolute Gasteiger partial charge is 0.0701 e. The first kappa shape index (κ1) is 49.7. The van der Waals surface area contributed by atoms with Crippen LogP contribution in [0.15, 0.2) is 0 Å². The number of ether oxygens (including phenoxy) is 5. The van der Waals surface area contributed by atoms with Crippen LogP contribution in [-0.4, -0.2) is 112 Å². The van der Waals surface area contributed by atoms with Gasteiger partial charge in [0.25, 0.3) is 0 Å². The average Bonchev–Trinajstić information content (AvgIpc) is 2.93. The van der Waals surface area contributed by atoms with Crippen molar-refractivity contribution in [3.8, 4) is 0 Å². The Morgan fingerprint density at radius 2 is 0.860 bits per heavy atom. The Hall–Kier alpha value is -0.320. The van der Waals surface area contributed by atoms with E-state index in [1.807, 2.05) is 0 Å². The Balaban J connectivity index is 5.23. The molecule has 0 radical (unpaired) electrons. The van der Waals surface area contributed by atoms with E-state index in [4.69, 9.17) is 23.7 Å². The summed E-state index contributed by atoms with van der Waals surface area (Å²) in [6.07, 6.45) is 8.29. The summed E-state index contributed by atoms with van der Waals surface area (Å²) in [5.41, 5.74) is 0.338. The van der Waals surface area contributed by atoms with Crippen LogP contribution in [0.1, 0.15) is 156 Å². The zero-order chi connectivity index (χ0) is 38.5. The summed E-state index contributed by atoms with van der Waals surface area (Å²) in [4.78, 5) is 5.32. The maximum atomic E-state index is 6.17. The number of hydrogen-bond acceptors (Lipinski definition) is 8. The van der Waals surface area contributed by atoms with Crippen LogP contribution in [0.25, 0.3) is 0 Å². The summed E-state index contributed by atoms with van der Waals surface area (Å²) < 4.78 is 29.4. The van der Waals surface area contributed by atoms with Crippen molar-refractivity contribution in [2.45, 2.75) is 173 Å². The molecule has 0 saturated heterocycles. The van der Waals surface area contributed by atoms with Gasteiger partial charge in [-0.1, -0.05) is 81.6 Å². The highest BCUT2D eigenvalue weighted by Crippen LogP contribution is 2.33. The van der Waals surface area contributed by atoms with Crippen LogP contribution in [0.5, 0.6) is 0 Å². The average molecular weight is 716 g/mol. The fourth-order valence-electron chi connectivity index (χ4n) is 6.47. The Morgan fingerprint density at radius 3 is 1.40 bits per heavy atom. The second-order valence-corrected chi connectivity index (χ2v) is 19.9. The highest BCUT2D eigenvalue weighted by molar-refractivity contribution is 4.95. The van der Waals surface area contributed by atoms with E-state index in [0.29, 0.717) is 38.4 Å². The lowest BCUT2D eigenvalue weighted by Crippen LogP contribution is -2.71. The van der Waals surface area contributed by atoms with Crippen LogP contribution >= 0.6 is 0 Å². The molecule has 302 valence electrons. The molecule has 8 nitrogen and oxygen atoms in total. The molecule has 0 aliphatic heterocycles. The molecule has 0 aromatic rings. The summed E-state index contributed by atoms with van der Waals surface area (Å²) >= 11 is 0. The Bertz CT molecular complexity index is 821. The molecule has 0 aromatic heterocycles. The van der Waals surface area contributed by atoms with E-state index < -0.39 is 0 Å². The third-order valence-electron chi connectivity index (χ3n) is 8.74. The fourth-order valence-corrected chi connectivity index (χ4v) is 6.47. The molecule has 0 atom stereocenters. The quantitative estimate of drug-likeness (QED) is 0.0607. The van der Waals surface area contributed by atoms with Crippen molar-refractivity contribution < 1.29 is 23.7 Å². The molecule has 0 aliphatic carbocycles. The van der Waals surface area contributed by atoms with Crippen molar-refractivity contribution in [1.82, 2.24) is 15.1 Å². The third-order valence-corrected chi connectivity index (χ3v) is 8.74. The van der Waals surface area contributed by atoms with Gasteiger partial charge in [0.2, 0.25) is 0 Å². The second-order valence-electron chi connectivity index (χ2n) is 19.9. The van der Waals surface area contributed by atoms with Gasteiger partial charge in [0.05, 0.1) is 57.6 Å². The zero-order valence-corrected chi connectivity index (χ0v) is 36.6. The van der Waals surface area contributed by atoms with Gasteiger partial charge in [0.15, 0.2) is 0 Å². The summed E-state index contributed by atoms with van der Waals surface area (Å²) in [5.74, 6) is 0. The van der Waals surface area contributed by atoms with Gasteiger partial charge < -0.3 is 23.7 Å². The van der Waals surface area contributed by atoms with Crippen LogP contribution in [0.4, 0.5) is 0 Å². The van der Waals surface area contributed by atoms with Gasteiger partial charge in [-0.3, -0.25) is 15.1 Å². The van der Waals surface area contributed by atoms with Crippen molar-refractivity contribution in [1.29, 1.82) is 0 Å². The number of nitrogens with zero attached hydrogens (tertiary/aromatic N) is 2. The minimum Gasteiger partial charge on any atom is -0.381 e. The van der Waals surface area contributed by atoms with E-state index in [0.717, 1.165) is 65.5 Å². The molecule has 0 heterocycles. The maximum Gasteiger partial charge on any atom is 0.0701 e. The van der Waals surface area contributed by atoms with Crippen molar-refractivity contribution in [2.75, 3.05) is 85.7 Å². The number of unbranched alkanes of at least 4 members (excludes halogenated alkanes) is 3. The van der Waals surface area contributed by atoms with Crippen LogP contribution in [0.3, 0.4) is 0 Å². The molecule has 1 N–H and O–H groups in total. The molecule has 0 spiro atoms. The Kier molecular flexibility index (Phi) is 24.0. The maximum absolute atomic E-state index is 6.17. The summed E-state index contributed by atoms with van der Waals surface area (Å²) in [6.45, 7) is 46.3. The predicted octanol–water partition coefficient (Wildman–Crippen LogP) is 9.40. The first-order valence-electron chi connectivity index (χ1n) is 20.1. The summed E-state index contributed by atoms with van der Waals surface area (Å²) in [5, 5.41) is 3.89. The van der Waals surface area contributed by atoms with Gasteiger partial charge in [0.1, 0.15) is 0 Å². The van der Waals surface area contributed by atoms with Crippen LogP contribution in [0, 0.1) is 16.2 Å². The largest absolute Gasteiger partial charge is 0.381 e. The predicted molar refractivity (Wildman–Crippen MR) is 214 cm³/mol. The Morgan fingerprint density at radius 1 is 0.400 bits per heavy atom. The van der Waals surface area contributed by atoms with Gasteiger partial charge in [-0.05, 0) is 96.9 Å². The van der Waals surface area contributed by atoms with Crippen LogP contribution in [-0.2, 0) is 23.7 Å². The molecule has 0 fully saturated rings. The minimum atomic E-state index is -0.259. The van der Waals surface area contributed by atoms with Crippen LogP contribution < -0.4 is 5.32 Å². The first-order valence-corrected chi connectivity index (χ1v) is 20.1. The molecular formula is C42H89N3O5. The second kappa shape index (κ2) is 24.2. The van der Waals surface area contributed by atoms with E-state index in [1.54, 1.807) is 0 Å². The topological polar surface area (TPSA) is 64.7 Å². The lowest BCUT2D eigenvalue weighted by molar-refractivity contribution is -0.137. The fraction of sp³-hybridized carbons (Fsp3) is 1.00. The highest BCUT2D eigenvalue weighted by atomic mass is 16.5.